The van der Waals surface area contributed by atoms with Gasteiger partial charge in [-0.1, -0.05) is 24.8 Å². The van der Waals surface area contributed by atoms with E-state index in [9.17, 15) is 19.8 Å². The average molecular weight is 542 g/mol. The molecule has 4 N–H and O–H groups in total. The van der Waals surface area contributed by atoms with Gasteiger partial charge in [0.15, 0.2) is 6.23 Å². The van der Waals surface area contributed by atoms with E-state index in [2.05, 4.69) is 17.0 Å². The Kier molecular flexibility index (Phi) is 8.94. The normalized spacial score (nSPS) is 28.5. The van der Waals surface area contributed by atoms with E-state index in [-0.39, 0.29) is 24.4 Å². The molecule has 36 heavy (non-hydrogen) atoms. The van der Waals surface area contributed by atoms with Gasteiger partial charge in [-0.15, -0.1) is 0 Å². The van der Waals surface area contributed by atoms with Crippen LogP contribution in [-0.4, -0.2) is 69.8 Å². The number of ether oxygens (including phenoxy) is 2. The monoisotopic (exact) mass is 541 g/mol. The number of benzene rings is 1. The summed E-state index contributed by atoms with van der Waals surface area (Å²) in [6.07, 6.45) is -1.15. The molecule has 2 heterocycles. The zero-order chi connectivity index (χ0) is 26.7. The summed E-state index contributed by atoms with van der Waals surface area (Å²) in [5, 5.41) is 27.3. The number of para-hydroxylation sites is 1. The summed E-state index contributed by atoms with van der Waals surface area (Å²) in [6, 6.07) is 7.85. The Bertz CT molecular complexity index is 1050. The molecule has 1 fully saturated rings. The third kappa shape index (κ3) is 6.71. The van der Waals surface area contributed by atoms with Crippen molar-refractivity contribution in [1.29, 1.82) is 0 Å². The third-order valence-electron chi connectivity index (χ3n) is 5.41. The highest BCUT2D eigenvalue weighted by Gasteiger charge is 2.55. The number of hydrogen-bond acceptors (Lipinski definition) is 10. The van der Waals surface area contributed by atoms with Crippen LogP contribution in [0, 0.1) is 0 Å². The number of nitrogens with one attached hydrogen (secondary N) is 2. The molecule has 1 amide bonds. The summed E-state index contributed by atoms with van der Waals surface area (Å²) in [5.74, 6) is -0.305. The smallest absolute Gasteiger partial charge is 0.323 e. The Balaban J connectivity index is 1.76. The predicted molar refractivity (Wildman–Crippen MR) is 135 cm³/mol. The Hall–Kier alpha value is -2.31. The van der Waals surface area contributed by atoms with Gasteiger partial charge >= 0.3 is 12.6 Å². The predicted octanol–water partition coefficient (Wildman–Crippen LogP) is 1.49. The van der Waals surface area contributed by atoms with Gasteiger partial charge in [-0.2, -0.15) is 0 Å². The van der Waals surface area contributed by atoms with Crippen LogP contribution in [-0.2, 0) is 35.4 Å². The SMILES string of the molecule is C=C1NC(=O)C=CN1[C@@H]1O[C@H](CO[P@@](=S)(N[C@@H](C)C(=O)OC(C)C)Oc2ccccc2)[C@@H](O)[C@@]1(C)O. The molecule has 3 rings (SSSR count). The highest BCUT2D eigenvalue weighted by atomic mass is 32.5. The topological polar surface area (TPSA) is 139 Å². The van der Waals surface area contributed by atoms with Gasteiger partial charge in [0.1, 0.15) is 35.4 Å². The van der Waals surface area contributed by atoms with Crippen molar-refractivity contribution in [2.45, 2.75) is 63.9 Å². The Morgan fingerprint density at radius 3 is 2.64 bits per heavy atom. The lowest BCUT2D eigenvalue weighted by atomic mass is 9.96. The fraction of sp³-hybridized carbons (Fsp3) is 0.478. The number of hydrogen-bond donors (Lipinski definition) is 4. The summed E-state index contributed by atoms with van der Waals surface area (Å²) in [6.45, 7) is 6.55. The molecule has 0 aliphatic carbocycles. The van der Waals surface area contributed by atoms with E-state index in [0.29, 0.717) is 5.75 Å². The lowest BCUT2D eigenvalue weighted by molar-refractivity contribution is -0.149. The van der Waals surface area contributed by atoms with E-state index < -0.39 is 42.7 Å². The van der Waals surface area contributed by atoms with E-state index in [4.69, 9.17) is 30.3 Å². The van der Waals surface area contributed by atoms with Crippen LogP contribution in [0.2, 0.25) is 0 Å². The van der Waals surface area contributed by atoms with Gasteiger partial charge < -0.3 is 39.0 Å². The molecular formula is C23H32N3O8PS. The van der Waals surface area contributed by atoms with Crippen LogP contribution in [0.25, 0.3) is 0 Å². The molecule has 0 spiro atoms. The first kappa shape index (κ1) is 28.3. The first-order chi connectivity index (χ1) is 16.8. The third-order valence-corrected chi connectivity index (χ3v) is 7.91. The fourth-order valence-corrected chi connectivity index (χ4v) is 6.01. The summed E-state index contributed by atoms with van der Waals surface area (Å²) in [5.41, 5.74) is -1.76. The highest BCUT2D eigenvalue weighted by Crippen LogP contribution is 2.46. The number of nitrogens with zero attached hydrogens (tertiary/aromatic N) is 1. The molecule has 0 bridgehead atoms. The largest absolute Gasteiger partial charge is 0.462 e. The van der Waals surface area contributed by atoms with Gasteiger partial charge in [0.25, 0.3) is 5.91 Å². The van der Waals surface area contributed by atoms with Crippen molar-refractivity contribution in [1.82, 2.24) is 15.3 Å². The number of rotatable bonds is 10. The molecule has 1 aromatic rings. The van der Waals surface area contributed by atoms with Crippen LogP contribution in [0.15, 0.2) is 55.0 Å². The minimum atomic E-state index is -3.38. The van der Waals surface area contributed by atoms with Crippen LogP contribution >= 0.6 is 6.64 Å². The molecule has 6 atom stereocenters. The lowest BCUT2D eigenvalue weighted by Crippen LogP contribution is -2.53. The second kappa shape index (κ2) is 11.4. The second-order valence-electron chi connectivity index (χ2n) is 8.89. The summed E-state index contributed by atoms with van der Waals surface area (Å²) < 4.78 is 23.1. The fourth-order valence-electron chi connectivity index (χ4n) is 3.59. The van der Waals surface area contributed by atoms with Crippen LogP contribution in [0.4, 0.5) is 0 Å². The van der Waals surface area contributed by atoms with Crippen molar-refractivity contribution in [3.63, 3.8) is 0 Å². The van der Waals surface area contributed by atoms with Crippen LogP contribution < -0.4 is 14.9 Å². The molecule has 0 aromatic heterocycles. The first-order valence-electron chi connectivity index (χ1n) is 11.3. The molecule has 13 heteroatoms. The van der Waals surface area contributed by atoms with Gasteiger partial charge in [-0.3, -0.25) is 9.59 Å². The molecule has 11 nitrogen and oxygen atoms in total. The van der Waals surface area contributed by atoms with Crippen LogP contribution in [0.1, 0.15) is 27.7 Å². The van der Waals surface area contributed by atoms with E-state index >= 15 is 0 Å². The van der Waals surface area contributed by atoms with Crippen molar-refractivity contribution in [3.8, 4) is 5.75 Å². The molecule has 2 aliphatic rings. The van der Waals surface area contributed by atoms with Gasteiger partial charge in [0, 0.05) is 12.3 Å². The standard InChI is InChI=1S/C23H32N3O8PS/c1-14(2)32-21(29)15(3)25-35(36,34-17-9-7-6-8-10-17)31-13-18-20(28)23(5,30)22(33-18)26-12-11-19(27)24-16(26)4/h6-12,14-15,18,20,22,28,30H,4,13H2,1-3,5H3,(H,24,27)(H,25,36)/t15-,18+,20+,22+,23+,35-/m0/s1. The number of carbonyl (C=O) groups is 2. The van der Waals surface area contributed by atoms with E-state index in [1.807, 2.05) is 6.07 Å². The Morgan fingerprint density at radius 1 is 1.36 bits per heavy atom. The molecule has 1 aromatic carbocycles. The number of aliphatic hydroxyl groups excluding tert-OH is 1. The van der Waals surface area contributed by atoms with Gasteiger partial charge in [-0.25, -0.2) is 5.09 Å². The minimum Gasteiger partial charge on any atom is -0.462 e. The Labute approximate surface area is 215 Å². The van der Waals surface area contributed by atoms with Gasteiger partial charge in [-0.05, 0) is 51.6 Å². The van der Waals surface area contributed by atoms with E-state index in [1.165, 1.54) is 24.1 Å². The van der Waals surface area contributed by atoms with Crippen molar-refractivity contribution in [2.24, 2.45) is 0 Å². The van der Waals surface area contributed by atoms with Gasteiger partial charge in [0.2, 0.25) is 0 Å². The summed E-state index contributed by atoms with van der Waals surface area (Å²) in [4.78, 5) is 25.3. The summed E-state index contributed by atoms with van der Waals surface area (Å²) >= 11 is 5.67. The summed E-state index contributed by atoms with van der Waals surface area (Å²) in [7, 11) is 0. The second-order valence-corrected chi connectivity index (χ2v) is 12.0. The van der Waals surface area contributed by atoms with Crippen molar-refractivity contribution in [2.75, 3.05) is 6.61 Å². The number of esters is 1. The zero-order valence-corrected chi connectivity index (χ0v) is 22.2. The molecular weight excluding hydrogens is 509 g/mol. The van der Waals surface area contributed by atoms with Gasteiger partial charge in [0.05, 0.1) is 12.7 Å². The zero-order valence-electron chi connectivity index (χ0n) is 20.5. The van der Waals surface area contributed by atoms with Crippen molar-refractivity contribution >= 4 is 30.3 Å². The van der Waals surface area contributed by atoms with E-state index in [1.54, 1.807) is 45.0 Å². The average Bonchev–Trinajstić information content (AvgIpc) is 3.01. The number of carbonyl (C=O) groups excluding carboxylic acids is 2. The molecule has 0 radical (unpaired) electrons. The maximum absolute atomic E-state index is 12.4. The van der Waals surface area contributed by atoms with Crippen LogP contribution in [0.5, 0.6) is 5.75 Å². The molecule has 2 aliphatic heterocycles. The lowest BCUT2D eigenvalue weighted by Gasteiger charge is -2.37. The molecule has 0 saturated carbocycles. The van der Waals surface area contributed by atoms with Crippen molar-refractivity contribution in [3.05, 3.63) is 55.0 Å². The molecule has 1 saturated heterocycles. The number of amides is 1. The number of aliphatic hydroxyl groups is 2. The maximum Gasteiger partial charge on any atom is 0.323 e. The van der Waals surface area contributed by atoms with Crippen molar-refractivity contribution < 1.29 is 38.3 Å². The molecule has 198 valence electrons. The van der Waals surface area contributed by atoms with Crippen LogP contribution in [0.3, 0.4) is 0 Å². The maximum atomic E-state index is 12.4. The highest BCUT2D eigenvalue weighted by molar-refractivity contribution is 8.09. The molecule has 0 unspecified atom stereocenters. The minimum absolute atomic E-state index is 0.179. The first-order valence-corrected chi connectivity index (χ1v) is 14.0. The Morgan fingerprint density at radius 2 is 2.03 bits per heavy atom. The quantitative estimate of drug-likeness (QED) is 0.253. The van der Waals surface area contributed by atoms with E-state index in [0.717, 1.165) is 0 Å².